The van der Waals surface area contributed by atoms with E-state index in [9.17, 15) is 4.79 Å². The lowest BCUT2D eigenvalue weighted by molar-refractivity contribution is 0.0754. The van der Waals surface area contributed by atoms with Gasteiger partial charge in [0.25, 0.3) is 5.91 Å². The zero-order valence-electron chi connectivity index (χ0n) is 11.0. The van der Waals surface area contributed by atoms with Crippen LogP contribution in [0.1, 0.15) is 30.1 Å². The van der Waals surface area contributed by atoms with Crippen LogP contribution in [0.5, 0.6) is 5.75 Å². The molecule has 0 heterocycles. The van der Waals surface area contributed by atoms with Crippen molar-refractivity contribution in [3.63, 3.8) is 0 Å². The highest BCUT2D eigenvalue weighted by Crippen LogP contribution is 2.31. The number of methoxy groups -OCH3 is 1. The molecular weight excluding hydrogens is 228 g/mol. The first-order valence-corrected chi connectivity index (χ1v) is 6.39. The molecule has 0 bridgehead atoms. The number of rotatable bonds is 5. The van der Waals surface area contributed by atoms with E-state index in [1.165, 1.54) is 12.8 Å². The summed E-state index contributed by atoms with van der Waals surface area (Å²) in [5, 5.41) is 0. The average molecular weight is 248 g/mol. The molecule has 0 spiro atoms. The van der Waals surface area contributed by atoms with Crippen molar-refractivity contribution in [2.45, 2.75) is 19.8 Å². The van der Waals surface area contributed by atoms with Crippen molar-refractivity contribution in [3.8, 4) is 5.75 Å². The number of ether oxygens (including phenoxy) is 1. The molecule has 1 aliphatic rings. The molecule has 0 radical (unpaired) electrons. The number of nitrogens with two attached hydrogens (primary N) is 1. The molecule has 18 heavy (non-hydrogen) atoms. The average Bonchev–Trinajstić information content (AvgIpc) is 3.18. The van der Waals surface area contributed by atoms with Crippen LogP contribution in [0.25, 0.3) is 0 Å². The van der Waals surface area contributed by atoms with Crippen LogP contribution in [-0.2, 0) is 0 Å². The number of benzene rings is 1. The van der Waals surface area contributed by atoms with E-state index >= 15 is 0 Å². The van der Waals surface area contributed by atoms with Crippen molar-refractivity contribution in [2.75, 3.05) is 25.9 Å². The second-order valence-corrected chi connectivity index (χ2v) is 4.71. The van der Waals surface area contributed by atoms with Gasteiger partial charge in [0.2, 0.25) is 0 Å². The maximum atomic E-state index is 12.5. The van der Waals surface area contributed by atoms with Crippen LogP contribution in [0.3, 0.4) is 0 Å². The minimum atomic E-state index is -0.0284. The summed E-state index contributed by atoms with van der Waals surface area (Å²) >= 11 is 0. The first-order chi connectivity index (χ1) is 8.67. The van der Waals surface area contributed by atoms with Crippen LogP contribution in [0.4, 0.5) is 5.69 Å². The molecule has 0 aliphatic heterocycles. The highest BCUT2D eigenvalue weighted by Gasteiger charge is 2.28. The van der Waals surface area contributed by atoms with Crippen LogP contribution in [-0.4, -0.2) is 31.0 Å². The summed E-state index contributed by atoms with van der Waals surface area (Å²) in [6.45, 7) is 3.52. The third-order valence-electron chi connectivity index (χ3n) is 3.34. The Kier molecular flexibility index (Phi) is 3.75. The topological polar surface area (TPSA) is 55.6 Å². The normalized spacial score (nSPS) is 14.3. The van der Waals surface area contributed by atoms with Gasteiger partial charge in [0, 0.05) is 18.8 Å². The molecule has 1 aromatic carbocycles. The van der Waals surface area contributed by atoms with E-state index in [4.69, 9.17) is 10.5 Å². The van der Waals surface area contributed by atoms with Crippen LogP contribution >= 0.6 is 0 Å². The quantitative estimate of drug-likeness (QED) is 0.812. The van der Waals surface area contributed by atoms with Crippen LogP contribution in [0.2, 0.25) is 0 Å². The van der Waals surface area contributed by atoms with Crippen LogP contribution in [0, 0.1) is 5.92 Å². The highest BCUT2D eigenvalue weighted by atomic mass is 16.5. The zero-order valence-corrected chi connectivity index (χ0v) is 11.0. The fourth-order valence-corrected chi connectivity index (χ4v) is 2.07. The lowest BCUT2D eigenvalue weighted by Crippen LogP contribution is -2.33. The van der Waals surface area contributed by atoms with E-state index in [-0.39, 0.29) is 5.91 Å². The molecule has 4 heteroatoms. The van der Waals surface area contributed by atoms with Gasteiger partial charge in [0.15, 0.2) is 0 Å². The van der Waals surface area contributed by atoms with Gasteiger partial charge in [-0.15, -0.1) is 0 Å². The molecule has 0 atom stereocenters. The third-order valence-corrected chi connectivity index (χ3v) is 3.34. The van der Waals surface area contributed by atoms with Gasteiger partial charge in [-0.2, -0.15) is 0 Å². The highest BCUT2D eigenvalue weighted by molar-refractivity contribution is 6.01. The second kappa shape index (κ2) is 5.29. The summed E-state index contributed by atoms with van der Waals surface area (Å²) in [4.78, 5) is 14.4. The van der Waals surface area contributed by atoms with Gasteiger partial charge in [0.1, 0.15) is 11.3 Å². The van der Waals surface area contributed by atoms with Crippen molar-refractivity contribution >= 4 is 11.6 Å². The minimum absolute atomic E-state index is 0.0284. The molecule has 1 fully saturated rings. The molecule has 1 aliphatic carbocycles. The number of hydrogen-bond acceptors (Lipinski definition) is 3. The molecule has 0 saturated heterocycles. The standard InChI is InChI=1S/C14H20N2O2/c1-3-16(9-10-7-8-10)14(17)13-11(15)5-4-6-12(13)18-2/h4-6,10H,3,7-9,15H2,1-2H3. The Bertz CT molecular complexity index is 441. The fraction of sp³-hybridized carbons (Fsp3) is 0.500. The number of nitrogen functional groups attached to an aromatic ring is 1. The number of carbonyl (C=O) groups is 1. The fourth-order valence-electron chi connectivity index (χ4n) is 2.07. The number of carbonyl (C=O) groups excluding carboxylic acids is 1. The molecule has 98 valence electrons. The summed E-state index contributed by atoms with van der Waals surface area (Å²) in [6, 6.07) is 5.30. The van der Waals surface area contributed by atoms with Crippen molar-refractivity contribution in [3.05, 3.63) is 23.8 Å². The van der Waals surface area contributed by atoms with E-state index in [0.717, 1.165) is 6.54 Å². The van der Waals surface area contributed by atoms with Gasteiger partial charge in [-0.05, 0) is 37.8 Å². The maximum absolute atomic E-state index is 12.5. The SMILES string of the molecule is CCN(CC1CC1)C(=O)c1c(N)cccc1OC. The Morgan fingerprint density at radius 3 is 2.78 bits per heavy atom. The molecule has 4 nitrogen and oxygen atoms in total. The maximum Gasteiger partial charge on any atom is 0.259 e. The lowest BCUT2D eigenvalue weighted by atomic mass is 10.1. The van der Waals surface area contributed by atoms with Crippen LogP contribution in [0.15, 0.2) is 18.2 Å². The Morgan fingerprint density at radius 1 is 1.50 bits per heavy atom. The summed E-state index contributed by atoms with van der Waals surface area (Å²) in [5.41, 5.74) is 6.88. The first kappa shape index (κ1) is 12.7. The predicted octanol–water partition coefficient (Wildman–Crippen LogP) is 2.15. The Balaban J connectivity index is 2.25. The summed E-state index contributed by atoms with van der Waals surface area (Å²) in [6.07, 6.45) is 2.45. The molecule has 2 N–H and O–H groups in total. The van der Waals surface area contributed by atoms with Gasteiger partial charge in [-0.1, -0.05) is 6.07 Å². The Morgan fingerprint density at radius 2 is 2.22 bits per heavy atom. The van der Waals surface area contributed by atoms with Gasteiger partial charge < -0.3 is 15.4 Å². The molecule has 0 aromatic heterocycles. The van der Waals surface area contributed by atoms with Gasteiger partial charge in [-0.25, -0.2) is 0 Å². The van der Waals surface area contributed by atoms with E-state index < -0.39 is 0 Å². The molecular formula is C14H20N2O2. The van der Waals surface area contributed by atoms with Crippen LogP contribution < -0.4 is 10.5 Å². The first-order valence-electron chi connectivity index (χ1n) is 6.39. The number of nitrogens with zero attached hydrogens (tertiary/aromatic N) is 1. The Hall–Kier alpha value is -1.71. The third kappa shape index (κ3) is 2.58. The second-order valence-electron chi connectivity index (χ2n) is 4.71. The minimum Gasteiger partial charge on any atom is -0.496 e. The van der Waals surface area contributed by atoms with Crippen molar-refractivity contribution in [2.24, 2.45) is 5.92 Å². The summed E-state index contributed by atoms with van der Waals surface area (Å²) in [7, 11) is 1.56. The Labute approximate surface area is 108 Å². The number of hydrogen-bond donors (Lipinski definition) is 1. The van der Waals surface area contributed by atoms with Gasteiger partial charge in [-0.3, -0.25) is 4.79 Å². The molecule has 1 aromatic rings. The van der Waals surface area contributed by atoms with E-state index in [1.54, 1.807) is 25.3 Å². The monoisotopic (exact) mass is 248 g/mol. The van der Waals surface area contributed by atoms with E-state index in [2.05, 4.69) is 0 Å². The van der Waals surface area contributed by atoms with E-state index in [0.29, 0.717) is 29.5 Å². The molecule has 1 amide bonds. The van der Waals surface area contributed by atoms with Crippen molar-refractivity contribution in [1.82, 2.24) is 4.90 Å². The summed E-state index contributed by atoms with van der Waals surface area (Å²) < 4.78 is 5.24. The molecule has 0 unspecified atom stereocenters. The molecule has 2 rings (SSSR count). The van der Waals surface area contributed by atoms with E-state index in [1.807, 2.05) is 11.8 Å². The van der Waals surface area contributed by atoms with Gasteiger partial charge >= 0.3 is 0 Å². The largest absolute Gasteiger partial charge is 0.496 e. The predicted molar refractivity (Wildman–Crippen MR) is 71.7 cm³/mol. The van der Waals surface area contributed by atoms with Crippen molar-refractivity contribution in [1.29, 1.82) is 0 Å². The smallest absolute Gasteiger partial charge is 0.259 e. The zero-order chi connectivity index (χ0) is 13.1. The number of amides is 1. The lowest BCUT2D eigenvalue weighted by Gasteiger charge is -2.22. The van der Waals surface area contributed by atoms with Crippen molar-refractivity contribution < 1.29 is 9.53 Å². The van der Waals surface area contributed by atoms with Gasteiger partial charge in [0.05, 0.1) is 7.11 Å². The summed E-state index contributed by atoms with van der Waals surface area (Å²) in [5.74, 6) is 1.19. The number of anilines is 1. The molecule has 1 saturated carbocycles.